The first-order valence-electron chi connectivity index (χ1n) is 6.50. The zero-order chi connectivity index (χ0) is 13.2. The molecule has 0 spiro atoms. The fourth-order valence-corrected chi connectivity index (χ4v) is 1.47. The summed E-state index contributed by atoms with van der Waals surface area (Å²) in [6.07, 6.45) is 2.84. The van der Waals surface area contributed by atoms with Gasteiger partial charge in [-0.25, -0.2) is 4.68 Å². The van der Waals surface area contributed by atoms with E-state index in [2.05, 4.69) is 29.5 Å². The maximum absolute atomic E-state index is 8.75. The Morgan fingerprint density at radius 3 is 3.06 bits per heavy atom. The van der Waals surface area contributed by atoms with E-state index < -0.39 is 0 Å². The summed E-state index contributed by atoms with van der Waals surface area (Å²) in [6.45, 7) is 8.11. The van der Waals surface area contributed by atoms with Crippen molar-refractivity contribution in [2.75, 3.05) is 26.4 Å². The summed E-state index contributed by atoms with van der Waals surface area (Å²) >= 11 is 0. The molecule has 0 saturated carbocycles. The van der Waals surface area contributed by atoms with Crippen molar-refractivity contribution in [3.63, 3.8) is 0 Å². The maximum Gasteiger partial charge on any atom is 0.0964 e. The zero-order valence-corrected chi connectivity index (χ0v) is 11.3. The Labute approximate surface area is 108 Å². The van der Waals surface area contributed by atoms with Gasteiger partial charge in [0.1, 0.15) is 0 Å². The smallest absolute Gasteiger partial charge is 0.0964 e. The van der Waals surface area contributed by atoms with Crippen LogP contribution >= 0.6 is 0 Å². The average molecular weight is 256 g/mol. The Balaban J connectivity index is 2.00. The van der Waals surface area contributed by atoms with E-state index in [0.717, 1.165) is 31.9 Å². The van der Waals surface area contributed by atoms with Gasteiger partial charge < -0.3 is 15.2 Å². The third-order valence-corrected chi connectivity index (χ3v) is 2.31. The SMILES string of the molecule is CC(C)COCCCNCc1cn(CCO)nn1. The molecule has 0 amide bonds. The van der Waals surface area contributed by atoms with Gasteiger partial charge in [-0.1, -0.05) is 19.1 Å². The van der Waals surface area contributed by atoms with Crippen molar-refractivity contribution in [2.45, 2.75) is 33.4 Å². The Morgan fingerprint density at radius 1 is 1.50 bits per heavy atom. The van der Waals surface area contributed by atoms with Gasteiger partial charge in [0, 0.05) is 26.0 Å². The molecule has 0 aliphatic carbocycles. The molecule has 6 nitrogen and oxygen atoms in total. The summed E-state index contributed by atoms with van der Waals surface area (Å²) in [4.78, 5) is 0. The van der Waals surface area contributed by atoms with Crippen molar-refractivity contribution in [3.8, 4) is 0 Å². The van der Waals surface area contributed by atoms with E-state index in [-0.39, 0.29) is 6.61 Å². The molecule has 0 aliphatic heterocycles. The summed E-state index contributed by atoms with van der Waals surface area (Å²) in [5, 5.41) is 19.9. The van der Waals surface area contributed by atoms with Gasteiger partial charge in [0.25, 0.3) is 0 Å². The molecule has 104 valence electrons. The second-order valence-corrected chi connectivity index (χ2v) is 4.70. The van der Waals surface area contributed by atoms with Crippen molar-refractivity contribution in [2.24, 2.45) is 5.92 Å². The molecule has 1 rings (SSSR count). The molecule has 6 heteroatoms. The number of aliphatic hydroxyl groups is 1. The highest BCUT2D eigenvalue weighted by atomic mass is 16.5. The predicted octanol–water partition coefficient (Wildman–Crippen LogP) is 0.423. The van der Waals surface area contributed by atoms with Gasteiger partial charge in [0.05, 0.1) is 18.8 Å². The van der Waals surface area contributed by atoms with E-state index in [1.165, 1.54) is 0 Å². The Morgan fingerprint density at radius 2 is 2.33 bits per heavy atom. The van der Waals surface area contributed by atoms with Crippen LogP contribution in [-0.2, 0) is 17.8 Å². The van der Waals surface area contributed by atoms with E-state index in [4.69, 9.17) is 9.84 Å². The number of aromatic nitrogens is 3. The van der Waals surface area contributed by atoms with Gasteiger partial charge in [-0.2, -0.15) is 0 Å². The van der Waals surface area contributed by atoms with E-state index in [0.29, 0.717) is 19.0 Å². The van der Waals surface area contributed by atoms with Gasteiger partial charge in [-0.3, -0.25) is 0 Å². The van der Waals surface area contributed by atoms with Crippen LogP contribution in [0, 0.1) is 5.92 Å². The van der Waals surface area contributed by atoms with E-state index in [1.807, 2.05) is 6.20 Å². The number of nitrogens with zero attached hydrogens (tertiary/aromatic N) is 3. The molecule has 0 aliphatic rings. The molecule has 0 atom stereocenters. The van der Waals surface area contributed by atoms with Crippen LogP contribution in [0.4, 0.5) is 0 Å². The first-order valence-corrected chi connectivity index (χ1v) is 6.50. The van der Waals surface area contributed by atoms with Crippen LogP contribution in [0.1, 0.15) is 26.0 Å². The molecule has 1 aromatic rings. The second-order valence-electron chi connectivity index (χ2n) is 4.70. The minimum absolute atomic E-state index is 0.0867. The van der Waals surface area contributed by atoms with Gasteiger partial charge in [-0.05, 0) is 18.9 Å². The molecule has 0 radical (unpaired) electrons. The van der Waals surface area contributed by atoms with Crippen LogP contribution in [-0.4, -0.2) is 46.5 Å². The molecular formula is C12H24N4O2. The molecule has 18 heavy (non-hydrogen) atoms. The lowest BCUT2D eigenvalue weighted by molar-refractivity contribution is 0.108. The summed E-state index contributed by atoms with van der Waals surface area (Å²) in [5.41, 5.74) is 0.895. The third-order valence-electron chi connectivity index (χ3n) is 2.31. The molecule has 1 aromatic heterocycles. The van der Waals surface area contributed by atoms with Gasteiger partial charge in [0.15, 0.2) is 0 Å². The normalized spacial score (nSPS) is 11.3. The number of ether oxygens (including phenoxy) is 1. The van der Waals surface area contributed by atoms with Crippen molar-refractivity contribution in [1.82, 2.24) is 20.3 Å². The molecule has 0 aromatic carbocycles. The van der Waals surface area contributed by atoms with Crippen LogP contribution in [0.3, 0.4) is 0 Å². The van der Waals surface area contributed by atoms with Crippen LogP contribution in [0.2, 0.25) is 0 Å². The topological polar surface area (TPSA) is 72.2 Å². The summed E-state index contributed by atoms with van der Waals surface area (Å²) in [7, 11) is 0. The molecule has 1 heterocycles. The Kier molecular flexibility index (Phi) is 7.55. The second kappa shape index (κ2) is 9.02. The number of rotatable bonds is 10. The fraction of sp³-hybridized carbons (Fsp3) is 0.833. The lowest BCUT2D eigenvalue weighted by Gasteiger charge is -2.06. The fourth-order valence-electron chi connectivity index (χ4n) is 1.47. The number of hydrogen-bond acceptors (Lipinski definition) is 5. The van der Waals surface area contributed by atoms with Crippen LogP contribution in [0.25, 0.3) is 0 Å². The molecule has 0 fully saturated rings. The van der Waals surface area contributed by atoms with Crippen LogP contribution in [0.15, 0.2) is 6.20 Å². The summed E-state index contributed by atoms with van der Waals surface area (Å²) in [5.74, 6) is 0.597. The van der Waals surface area contributed by atoms with E-state index in [9.17, 15) is 0 Å². The van der Waals surface area contributed by atoms with Crippen LogP contribution in [0.5, 0.6) is 0 Å². The van der Waals surface area contributed by atoms with E-state index >= 15 is 0 Å². The standard InChI is InChI=1S/C12H24N4O2/c1-11(2)10-18-7-3-4-13-8-12-9-16(5-6-17)15-14-12/h9,11,13,17H,3-8,10H2,1-2H3. The van der Waals surface area contributed by atoms with Crippen molar-refractivity contribution >= 4 is 0 Å². The maximum atomic E-state index is 8.75. The lowest BCUT2D eigenvalue weighted by Crippen LogP contribution is -2.17. The molecule has 0 bridgehead atoms. The molecule has 0 unspecified atom stereocenters. The largest absolute Gasteiger partial charge is 0.394 e. The number of aliphatic hydroxyl groups excluding tert-OH is 1. The van der Waals surface area contributed by atoms with Crippen molar-refractivity contribution in [3.05, 3.63) is 11.9 Å². The monoisotopic (exact) mass is 256 g/mol. The molecule has 2 N–H and O–H groups in total. The minimum Gasteiger partial charge on any atom is -0.394 e. The Bertz CT molecular complexity index is 315. The summed E-state index contributed by atoms with van der Waals surface area (Å²) < 4.78 is 7.13. The van der Waals surface area contributed by atoms with Crippen molar-refractivity contribution < 1.29 is 9.84 Å². The summed E-state index contributed by atoms with van der Waals surface area (Å²) in [6, 6.07) is 0. The molecule has 0 saturated heterocycles. The van der Waals surface area contributed by atoms with Gasteiger partial charge in [0.2, 0.25) is 0 Å². The van der Waals surface area contributed by atoms with Gasteiger partial charge in [-0.15, -0.1) is 5.10 Å². The number of nitrogens with one attached hydrogen (secondary N) is 1. The molecular weight excluding hydrogens is 232 g/mol. The third kappa shape index (κ3) is 6.68. The van der Waals surface area contributed by atoms with Gasteiger partial charge >= 0.3 is 0 Å². The average Bonchev–Trinajstić information content (AvgIpc) is 2.76. The quantitative estimate of drug-likeness (QED) is 0.594. The number of hydrogen-bond donors (Lipinski definition) is 2. The van der Waals surface area contributed by atoms with Crippen molar-refractivity contribution in [1.29, 1.82) is 0 Å². The highest BCUT2D eigenvalue weighted by molar-refractivity contribution is 4.91. The van der Waals surface area contributed by atoms with Crippen LogP contribution < -0.4 is 5.32 Å². The minimum atomic E-state index is 0.0867. The predicted molar refractivity (Wildman–Crippen MR) is 69.1 cm³/mol. The highest BCUT2D eigenvalue weighted by Gasteiger charge is 1.99. The Hall–Kier alpha value is -0.980. The lowest BCUT2D eigenvalue weighted by atomic mass is 10.2. The zero-order valence-electron chi connectivity index (χ0n) is 11.3. The highest BCUT2D eigenvalue weighted by Crippen LogP contribution is 1.94. The van der Waals surface area contributed by atoms with E-state index in [1.54, 1.807) is 4.68 Å². The first-order chi connectivity index (χ1) is 8.72. The first kappa shape index (κ1) is 15.1.